The zero-order valence-corrected chi connectivity index (χ0v) is 14.2. The summed E-state index contributed by atoms with van der Waals surface area (Å²) in [7, 11) is 0. The Morgan fingerprint density at radius 1 is 1.32 bits per heavy atom. The van der Waals surface area contributed by atoms with E-state index in [1.54, 1.807) is 0 Å². The van der Waals surface area contributed by atoms with E-state index in [9.17, 15) is 5.11 Å². The summed E-state index contributed by atoms with van der Waals surface area (Å²) < 4.78 is 6.38. The summed E-state index contributed by atoms with van der Waals surface area (Å²) in [6, 6.07) is 9.49. The Morgan fingerprint density at radius 2 is 2.14 bits per heavy atom. The lowest BCUT2D eigenvalue weighted by Crippen LogP contribution is -2.19. The molecule has 22 heavy (non-hydrogen) atoms. The molecule has 0 fully saturated rings. The Bertz CT molecular complexity index is 537. The van der Waals surface area contributed by atoms with E-state index >= 15 is 0 Å². The second kappa shape index (κ2) is 9.66. The number of unbranched alkanes of at least 4 members (excludes halogenated alkanes) is 1. The minimum absolute atomic E-state index is 0.275. The van der Waals surface area contributed by atoms with Gasteiger partial charge < -0.3 is 15.2 Å². The van der Waals surface area contributed by atoms with Crippen molar-refractivity contribution in [2.75, 3.05) is 24.2 Å². The number of benzene rings is 1. The monoisotopic (exact) mass is 339 g/mol. The van der Waals surface area contributed by atoms with Crippen molar-refractivity contribution >= 4 is 28.2 Å². The molecule has 0 saturated heterocycles. The summed E-state index contributed by atoms with van der Waals surface area (Å²) in [5.74, 6) is 1.31. The number of rotatable bonds is 10. The molecule has 2 aromatic rings. The predicted molar refractivity (Wildman–Crippen MR) is 92.0 cm³/mol. The lowest BCUT2D eigenvalue weighted by atomic mass is 10.3. The number of ether oxygens (including phenoxy) is 1. The third kappa shape index (κ3) is 6.21. The molecule has 120 valence electrons. The highest BCUT2D eigenvalue weighted by molar-refractivity contribution is 8.01. The first kappa shape index (κ1) is 17.1. The van der Waals surface area contributed by atoms with Gasteiger partial charge in [-0.1, -0.05) is 54.6 Å². The second-order valence-corrected chi connectivity index (χ2v) is 6.99. The van der Waals surface area contributed by atoms with Crippen molar-refractivity contribution < 1.29 is 9.84 Å². The molecule has 0 aliphatic heterocycles. The van der Waals surface area contributed by atoms with Crippen molar-refractivity contribution in [2.24, 2.45) is 0 Å². The molecule has 1 aromatic heterocycles. The fourth-order valence-corrected chi connectivity index (χ4v) is 3.35. The normalized spacial score (nSPS) is 12.1. The van der Waals surface area contributed by atoms with Gasteiger partial charge in [0, 0.05) is 12.3 Å². The summed E-state index contributed by atoms with van der Waals surface area (Å²) in [6.45, 7) is 3.35. The number of hydrogen-bond acceptors (Lipinski definition) is 7. The minimum atomic E-state index is -0.536. The van der Waals surface area contributed by atoms with Gasteiger partial charge in [0.1, 0.15) is 12.4 Å². The number of anilines is 1. The van der Waals surface area contributed by atoms with Crippen LogP contribution in [0.25, 0.3) is 0 Å². The van der Waals surface area contributed by atoms with E-state index in [1.807, 2.05) is 30.3 Å². The summed E-state index contributed by atoms with van der Waals surface area (Å²) in [4.78, 5) is 0. The molecule has 0 amide bonds. The van der Waals surface area contributed by atoms with Crippen LogP contribution in [-0.2, 0) is 0 Å². The SMILES string of the molecule is CCCCNc1nnc(SC[C@@H](O)COc2ccccc2)s1. The first-order valence-electron chi connectivity index (χ1n) is 7.34. The van der Waals surface area contributed by atoms with Crippen molar-refractivity contribution in [3.05, 3.63) is 30.3 Å². The van der Waals surface area contributed by atoms with Crippen molar-refractivity contribution in [3.63, 3.8) is 0 Å². The highest BCUT2D eigenvalue weighted by Gasteiger charge is 2.10. The van der Waals surface area contributed by atoms with Gasteiger partial charge in [-0.15, -0.1) is 10.2 Å². The van der Waals surface area contributed by atoms with Crippen LogP contribution in [0.4, 0.5) is 5.13 Å². The first-order valence-corrected chi connectivity index (χ1v) is 9.14. The van der Waals surface area contributed by atoms with Crippen LogP contribution >= 0.6 is 23.1 Å². The van der Waals surface area contributed by atoms with E-state index in [0.29, 0.717) is 5.75 Å². The average molecular weight is 339 g/mol. The van der Waals surface area contributed by atoms with Crippen LogP contribution < -0.4 is 10.1 Å². The molecule has 0 aliphatic rings. The van der Waals surface area contributed by atoms with Crippen LogP contribution in [0.2, 0.25) is 0 Å². The lowest BCUT2D eigenvalue weighted by molar-refractivity contribution is 0.126. The fourth-order valence-electron chi connectivity index (χ4n) is 1.64. The third-order valence-electron chi connectivity index (χ3n) is 2.80. The molecule has 7 heteroatoms. The minimum Gasteiger partial charge on any atom is -0.491 e. The van der Waals surface area contributed by atoms with Crippen molar-refractivity contribution in [2.45, 2.75) is 30.2 Å². The maximum atomic E-state index is 9.95. The van der Waals surface area contributed by atoms with Crippen LogP contribution in [0.5, 0.6) is 5.75 Å². The van der Waals surface area contributed by atoms with Gasteiger partial charge in [-0.05, 0) is 18.6 Å². The Labute approximate surface area is 139 Å². The van der Waals surface area contributed by atoms with Gasteiger partial charge in [-0.3, -0.25) is 0 Å². The van der Waals surface area contributed by atoms with E-state index in [-0.39, 0.29) is 6.61 Å². The summed E-state index contributed by atoms with van der Waals surface area (Å²) in [6.07, 6.45) is 1.74. The number of nitrogens with one attached hydrogen (secondary N) is 1. The van der Waals surface area contributed by atoms with Gasteiger partial charge in [0.15, 0.2) is 4.34 Å². The molecule has 0 saturated carbocycles. The van der Waals surface area contributed by atoms with Crippen molar-refractivity contribution in [1.82, 2.24) is 10.2 Å². The topological polar surface area (TPSA) is 67.3 Å². The maximum absolute atomic E-state index is 9.95. The number of aliphatic hydroxyl groups is 1. The molecule has 1 atom stereocenters. The number of hydrogen-bond donors (Lipinski definition) is 2. The zero-order valence-electron chi connectivity index (χ0n) is 12.6. The van der Waals surface area contributed by atoms with E-state index in [0.717, 1.165) is 34.6 Å². The van der Waals surface area contributed by atoms with Gasteiger partial charge in [0.05, 0.1) is 6.10 Å². The molecule has 1 aromatic carbocycles. The molecule has 5 nitrogen and oxygen atoms in total. The Hall–Kier alpha value is -1.31. The molecule has 0 radical (unpaired) electrons. The zero-order chi connectivity index (χ0) is 15.6. The lowest BCUT2D eigenvalue weighted by Gasteiger charge is -2.10. The largest absolute Gasteiger partial charge is 0.491 e. The van der Waals surface area contributed by atoms with Crippen molar-refractivity contribution in [3.8, 4) is 5.75 Å². The van der Waals surface area contributed by atoms with E-state index in [2.05, 4.69) is 22.4 Å². The number of aliphatic hydroxyl groups excluding tert-OH is 1. The summed E-state index contributed by atoms with van der Waals surface area (Å²) in [5, 5.41) is 22.2. The summed E-state index contributed by atoms with van der Waals surface area (Å²) in [5.41, 5.74) is 0. The second-order valence-electron chi connectivity index (χ2n) is 4.74. The highest BCUT2D eigenvalue weighted by Crippen LogP contribution is 2.26. The van der Waals surface area contributed by atoms with Gasteiger partial charge in [-0.2, -0.15) is 0 Å². The quantitative estimate of drug-likeness (QED) is 0.511. The highest BCUT2D eigenvalue weighted by atomic mass is 32.2. The molecule has 0 unspecified atom stereocenters. The van der Waals surface area contributed by atoms with Gasteiger partial charge in [0.25, 0.3) is 0 Å². The maximum Gasteiger partial charge on any atom is 0.206 e. The van der Waals surface area contributed by atoms with Gasteiger partial charge in [-0.25, -0.2) is 0 Å². The van der Waals surface area contributed by atoms with E-state index < -0.39 is 6.10 Å². The molecule has 2 rings (SSSR count). The predicted octanol–water partition coefficient (Wildman–Crippen LogP) is 3.28. The van der Waals surface area contributed by atoms with Crippen molar-refractivity contribution in [1.29, 1.82) is 0 Å². The van der Waals surface area contributed by atoms with E-state index in [4.69, 9.17) is 4.74 Å². The molecular formula is C15H21N3O2S2. The molecule has 1 heterocycles. The summed E-state index contributed by atoms with van der Waals surface area (Å²) >= 11 is 3.02. The van der Waals surface area contributed by atoms with Crippen LogP contribution in [0.15, 0.2) is 34.7 Å². The molecule has 2 N–H and O–H groups in total. The number of nitrogens with zero attached hydrogens (tertiary/aromatic N) is 2. The van der Waals surface area contributed by atoms with Gasteiger partial charge >= 0.3 is 0 Å². The standard InChI is InChI=1S/C15H21N3O2S2/c1-2-3-9-16-14-17-18-15(22-14)21-11-12(19)10-20-13-7-5-4-6-8-13/h4-8,12,19H,2-3,9-11H2,1H3,(H,16,17)/t12-/m0/s1. The number of aromatic nitrogens is 2. The van der Waals surface area contributed by atoms with Crippen LogP contribution in [0.3, 0.4) is 0 Å². The first-order chi connectivity index (χ1) is 10.8. The Morgan fingerprint density at radius 3 is 2.91 bits per heavy atom. The van der Waals surface area contributed by atoms with Crippen LogP contribution in [0.1, 0.15) is 19.8 Å². The Kier molecular flexibility index (Phi) is 7.48. The molecular weight excluding hydrogens is 318 g/mol. The number of thioether (sulfide) groups is 1. The molecule has 0 spiro atoms. The third-order valence-corrected chi connectivity index (χ3v) is 4.96. The molecule has 0 bridgehead atoms. The van der Waals surface area contributed by atoms with E-state index in [1.165, 1.54) is 23.1 Å². The van der Waals surface area contributed by atoms with Gasteiger partial charge in [0.2, 0.25) is 5.13 Å². The fraction of sp³-hybridized carbons (Fsp3) is 0.467. The smallest absolute Gasteiger partial charge is 0.206 e. The average Bonchev–Trinajstić information content (AvgIpc) is 3.00. The van der Waals surface area contributed by atoms with Crippen LogP contribution in [0, 0.1) is 0 Å². The van der Waals surface area contributed by atoms with Crippen LogP contribution in [-0.4, -0.2) is 40.3 Å². The Balaban J connectivity index is 1.66. The number of para-hydroxylation sites is 1. The molecule has 0 aliphatic carbocycles.